The van der Waals surface area contributed by atoms with Crippen molar-refractivity contribution in [2.45, 2.75) is 0 Å². The molecule has 0 aliphatic carbocycles. The second kappa shape index (κ2) is 4.63. The first-order valence-electron chi connectivity index (χ1n) is 5.52. The fourth-order valence-corrected chi connectivity index (χ4v) is 1.98. The molecule has 2 aromatic heterocycles. The first-order chi connectivity index (χ1) is 9.24. The van der Waals surface area contributed by atoms with E-state index in [1.165, 1.54) is 6.33 Å². The molecular weight excluding hydrogens is 262 g/mol. The fraction of sp³-hybridized carbons (Fsp3) is 0. The van der Waals surface area contributed by atoms with Crippen LogP contribution in [-0.4, -0.2) is 20.1 Å². The lowest BCUT2D eigenvalue weighted by Gasteiger charge is -1.93. The average Bonchev–Trinajstić information content (AvgIpc) is 2.81. The van der Waals surface area contributed by atoms with Gasteiger partial charge in [-0.05, 0) is 18.2 Å². The highest BCUT2D eigenvalue weighted by atomic mass is 35.5. The number of nitrogens with zero attached hydrogens (tertiary/aromatic N) is 2. The summed E-state index contributed by atoms with van der Waals surface area (Å²) in [5.41, 5.74) is 2.10. The third-order valence-electron chi connectivity index (χ3n) is 2.61. The predicted octanol–water partition coefficient (Wildman–Crippen LogP) is 2.72. The van der Waals surface area contributed by atoms with Crippen LogP contribution in [0.1, 0.15) is 11.1 Å². The average molecular weight is 270 g/mol. The Kier molecular flexibility index (Phi) is 2.82. The topological polar surface area (TPSA) is 61.8 Å². The van der Waals surface area contributed by atoms with E-state index in [0.717, 1.165) is 11.1 Å². The van der Waals surface area contributed by atoms with Crippen molar-refractivity contribution in [2.75, 3.05) is 0 Å². The number of benzene rings is 1. The first-order valence-corrected chi connectivity index (χ1v) is 5.90. The van der Waals surface area contributed by atoms with E-state index < -0.39 is 0 Å². The highest BCUT2D eigenvalue weighted by Gasteiger charge is 2.07. The quantitative estimate of drug-likeness (QED) is 0.487. The van der Waals surface area contributed by atoms with Gasteiger partial charge in [0.15, 0.2) is 0 Å². The Morgan fingerprint density at radius 1 is 1.21 bits per heavy atom. The molecule has 0 aliphatic rings. The van der Waals surface area contributed by atoms with E-state index in [9.17, 15) is 5.11 Å². The molecule has 19 heavy (non-hydrogen) atoms. The Morgan fingerprint density at radius 3 is 2.95 bits per heavy atom. The van der Waals surface area contributed by atoms with E-state index in [2.05, 4.69) is 26.8 Å². The summed E-state index contributed by atoms with van der Waals surface area (Å²) in [4.78, 5) is 11.0. The highest BCUT2D eigenvalue weighted by molar-refractivity contribution is 6.34. The summed E-state index contributed by atoms with van der Waals surface area (Å²) in [6, 6.07) is 6.76. The zero-order valence-corrected chi connectivity index (χ0v) is 10.4. The summed E-state index contributed by atoms with van der Waals surface area (Å²) < 4.78 is 0. The Labute approximate surface area is 114 Å². The van der Waals surface area contributed by atoms with Gasteiger partial charge in [0.1, 0.15) is 22.9 Å². The summed E-state index contributed by atoms with van der Waals surface area (Å²) in [5, 5.41) is 10.4. The summed E-state index contributed by atoms with van der Waals surface area (Å²) in [6.45, 7) is 0. The van der Waals surface area contributed by atoms with Crippen molar-refractivity contribution in [2.24, 2.45) is 0 Å². The minimum absolute atomic E-state index is 0.187. The van der Waals surface area contributed by atoms with Gasteiger partial charge in [-0.3, -0.25) is 0 Å². The third kappa shape index (κ3) is 2.24. The number of hydrogen-bond acceptors (Lipinski definition) is 3. The van der Waals surface area contributed by atoms with Gasteiger partial charge in [-0.25, -0.2) is 9.97 Å². The molecule has 0 aliphatic heterocycles. The molecule has 2 N–H and O–H groups in total. The van der Waals surface area contributed by atoms with Gasteiger partial charge in [-0.2, -0.15) is 0 Å². The van der Waals surface area contributed by atoms with Gasteiger partial charge in [0.05, 0.1) is 10.9 Å². The third-order valence-corrected chi connectivity index (χ3v) is 2.90. The molecule has 5 heteroatoms. The number of aromatic amines is 1. The second-order valence-corrected chi connectivity index (χ2v) is 4.25. The van der Waals surface area contributed by atoms with Gasteiger partial charge < -0.3 is 10.1 Å². The molecular formula is C14H8ClN3O. The fourth-order valence-electron chi connectivity index (χ4n) is 1.75. The van der Waals surface area contributed by atoms with Gasteiger partial charge in [0.2, 0.25) is 0 Å². The lowest BCUT2D eigenvalue weighted by atomic mass is 10.2. The number of aromatic hydroxyl groups is 1. The molecule has 0 spiro atoms. The van der Waals surface area contributed by atoms with Crippen molar-refractivity contribution in [3.05, 3.63) is 53.1 Å². The second-order valence-electron chi connectivity index (χ2n) is 3.89. The Bertz CT molecular complexity index is 814. The molecule has 0 fully saturated rings. The van der Waals surface area contributed by atoms with Crippen LogP contribution >= 0.6 is 11.6 Å². The van der Waals surface area contributed by atoms with Crippen molar-refractivity contribution in [3.63, 3.8) is 0 Å². The zero-order chi connectivity index (χ0) is 13.2. The van der Waals surface area contributed by atoms with Crippen molar-refractivity contribution < 1.29 is 5.11 Å². The van der Waals surface area contributed by atoms with Crippen molar-refractivity contribution in [3.8, 4) is 17.6 Å². The van der Waals surface area contributed by atoms with Crippen molar-refractivity contribution in [1.82, 2.24) is 15.0 Å². The van der Waals surface area contributed by atoms with Gasteiger partial charge in [-0.1, -0.05) is 29.5 Å². The predicted molar refractivity (Wildman–Crippen MR) is 73.0 cm³/mol. The zero-order valence-electron chi connectivity index (χ0n) is 9.68. The summed E-state index contributed by atoms with van der Waals surface area (Å²) in [7, 11) is 0. The molecule has 0 amide bonds. The number of fused-ring (bicyclic) bond motifs is 1. The molecule has 0 unspecified atom stereocenters. The van der Waals surface area contributed by atoms with Crippen LogP contribution in [0.3, 0.4) is 0 Å². The van der Waals surface area contributed by atoms with Crippen LogP contribution in [0, 0.1) is 11.8 Å². The largest absolute Gasteiger partial charge is 0.508 e. The minimum atomic E-state index is 0.187. The number of halogens is 1. The van der Waals surface area contributed by atoms with E-state index >= 15 is 0 Å². The number of hydrogen-bond donors (Lipinski definition) is 2. The molecule has 92 valence electrons. The van der Waals surface area contributed by atoms with E-state index in [-0.39, 0.29) is 5.75 Å². The monoisotopic (exact) mass is 269 g/mol. The van der Waals surface area contributed by atoms with E-state index in [1.54, 1.807) is 24.4 Å². The molecule has 0 radical (unpaired) electrons. The minimum Gasteiger partial charge on any atom is -0.508 e. The van der Waals surface area contributed by atoms with Crippen LogP contribution in [0.2, 0.25) is 5.15 Å². The number of phenolic OH excluding ortho intramolecular Hbond substituents is 1. The highest BCUT2D eigenvalue weighted by Crippen LogP contribution is 2.22. The SMILES string of the molecule is Oc1cccc(C#Cc2c[nH]c3ncnc(Cl)c23)c1. The molecule has 4 nitrogen and oxygen atoms in total. The van der Waals surface area contributed by atoms with Crippen molar-refractivity contribution in [1.29, 1.82) is 0 Å². The van der Waals surface area contributed by atoms with Gasteiger partial charge in [0, 0.05) is 11.8 Å². The number of aromatic nitrogens is 3. The van der Waals surface area contributed by atoms with Crippen LogP contribution in [-0.2, 0) is 0 Å². The van der Waals surface area contributed by atoms with Crippen molar-refractivity contribution >= 4 is 22.6 Å². The summed E-state index contributed by atoms with van der Waals surface area (Å²) >= 11 is 6.03. The molecule has 2 heterocycles. The van der Waals surface area contributed by atoms with Crippen LogP contribution in [0.4, 0.5) is 0 Å². The van der Waals surface area contributed by atoms with Gasteiger partial charge in [0.25, 0.3) is 0 Å². The Hall–Kier alpha value is -2.51. The lowest BCUT2D eigenvalue weighted by molar-refractivity contribution is 0.475. The maximum atomic E-state index is 9.37. The molecule has 3 rings (SSSR count). The van der Waals surface area contributed by atoms with E-state index in [1.807, 2.05) is 6.07 Å². The van der Waals surface area contributed by atoms with Crippen LogP contribution in [0.25, 0.3) is 11.0 Å². The molecule has 0 saturated heterocycles. The van der Waals surface area contributed by atoms with Crippen LogP contribution < -0.4 is 0 Å². The number of rotatable bonds is 0. The molecule has 0 atom stereocenters. The number of phenols is 1. The van der Waals surface area contributed by atoms with Gasteiger partial charge in [-0.15, -0.1) is 0 Å². The normalized spacial score (nSPS) is 10.2. The molecule has 3 aromatic rings. The summed E-state index contributed by atoms with van der Waals surface area (Å²) in [5.74, 6) is 6.15. The molecule has 0 saturated carbocycles. The van der Waals surface area contributed by atoms with Gasteiger partial charge >= 0.3 is 0 Å². The maximum absolute atomic E-state index is 9.37. The van der Waals surface area contributed by atoms with Crippen LogP contribution in [0.15, 0.2) is 36.8 Å². The Morgan fingerprint density at radius 2 is 2.11 bits per heavy atom. The first kappa shape index (κ1) is 11.6. The van der Waals surface area contributed by atoms with E-state index in [4.69, 9.17) is 11.6 Å². The number of H-pyrrole nitrogens is 1. The molecule has 1 aromatic carbocycles. The smallest absolute Gasteiger partial charge is 0.143 e. The molecule has 0 bridgehead atoms. The maximum Gasteiger partial charge on any atom is 0.143 e. The Balaban J connectivity index is 2.08. The standard InChI is InChI=1S/C14H8ClN3O/c15-13-12-10(7-16-14(12)18-8-17-13)5-4-9-2-1-3-11(19)6-9/h1-3,6-8,19H,(H,16,17,18). The lowest BCUT2D eigenvalue weighted by Crippen LogP contribution is -1.82. The van der Waals surface area contributed by atoms with Crippen LogP contribution in [0.5, 0.6) is 5.75 Å². The number of nitrogens with one attached hydrogen (secondary N) is 1. The summed E-state index contributed by atoms with van der Waals surface area (Å²) in [6.07, 6.45) is 3.13. The van der Waals surface area contributed by atoms with E-state index in [0.29, 0.717) is 16.2 Å².